The number of nitrogens with zero attached hydrogens (tertiary/aromatic N) is 1. The van der Waals surface area contributed by atoms with Crippen molar-refractivity contribution in [2.24, 2.45) is 0 Å². The molecule has 2 aromatic carbocycles. The Hall–Kier alpha value is -2.53. The Kier molecular flexibility index (Phi) is 7.15. The van der Waals surface area contributed by atoms with Gasteiger partial charge < -0.3 is 15.0 Å². The molecule has 1 aliphatic heterocycles. The van der Waals surface area contributed by atoms with E-state index >= 15 is 0 Å². The zero-order chi connectivity index (χ0) is 20.8. The molecule has 1 fully saturated rings. The molecule has 0 unspecified atom stereocenters. The number of halogens is 1. The second kappa shape index (κ2) is 9.79. The van der Waals surface area contributed by atoms with E-state index in [1.807, 2.05) is 24.3 Å². The molecule has 2 amide bonds. The first-order chi connectivity index (χ1) is 13.9. The van der Waals surface area contributed by atoms with Crippen LogP contribution in [0, 0.1) is 0 Å². The van der Waals surface area contributed by atoms with Crippen LogP contribution in [0.2, 0.25) is 5.02 Å². The SMILES string of the molecule is CC(C)c1ccc(C(=O)NC2CCN(C(=O)COc3ccc(Cl)cc3)CC2)cc1. The van der Waals surface area contributed by atoms with Crippen molar-refractivity contribution in [1.82, 2.24) is 10.2 Å². The van der Waals surface area contributed by atoms with Gasteiger partial charge in [-0.3, -0.25) is 9.59 Å². The van der Waals surface area contributed by atoms with E-state index in [9.17, 15) is 9.59 Å². The number of rotatable bonds is 6. The fourth-order valence-corrected chi connectivity index (χ4v) is 3.45. The molecule has 0 saturated carbocycles. The van der Waals surface area contributed by atoms with Crippen molar-refractivity contribution in [3.8, 4) is 5.75 Å². The Labute approximate surface area is 177 Å². The summed E-state index contributed by atoms with van der Waals surface area (Å²) in [6, 6.07) is 14.8. The third-order valence-electron chi connectivity index (χ3n) is 5.20. The van der Waals surface area contributed by atoms with E-state index < -0.39 is 0 Å². The number of carbonyl (C=O) groups is 2. The average molecular weight is 415 g/mol. The van der Waals surface area contributed by atoms with Crippen molar-refractivity contribution >= 4 is 23.4 Å². The van der Waals surface area contributed by atoms with Gasteiger partial charge in [0.1, 0.15) is 5.75 Å². The first-order valence-electron chi connectivity index (χ1n) is 9.99. The van der Waals surface area contributed by atoms with Crippen LogP contribution < -0.4 is 10.1 Å². The van der Waals surface area contributed by atoms with E-state index in [1.165, 1.54) is 5.56 Å². The number of likely N-dealkylation sites (tertiary alicyclic amines) is 1. The minimum atomic E-state index is -0.0591. The summed E-state index contributed by atoms with van der Waals surface area (Å²) in [6.07, 6.45) is 1.48. The van der Waals surface area contributed by atoms with Crippen LogP contribution in [-0.2, 0) is 4.79 Å². The summed E-state index contributed by atoms with van der Waals surface area (Å²) >= 11 is 5.84. The summed E-state index contributed by atoms with van der Waals surface area (Å²) in [4.78, 5) is 26.6. The van der Waals surface area contributed by atoms with E-state index in [0.717, 1.165) is 12.8 Å². The maximum atomic E-state index is 12.5. The molecule has 1 N–H and O–H groups in total. The first-order valence-corrected chi connectivity index (χ1v) is 10.4. The second-order valence-electron chi connectivity index (χ2n) is 7.65. The average Bonchev–Trinajstić information content (AvgIpc) is 2.73. The molecule has 3 rings (SSSR count). The van der Waals surface area contributed by atoms with Crippen molar-refractivity contribution < 1.29 is 14.3 Å². The Morgan fingerprint density at radius 3 is 2.28 bits per heavy atom. The first kappa shape index (κ1) is 21.2. The smallest absolute Gasteiger partial charge is 0.260 e. The van der Waals surface area contributed by atoms with E-state index in [4.69, 9.17) is 16.3 Å². The van der Waals surface area contributed by atoms with Gasteiger partial charge in [-0.25, -0.2) is 0 Å². The summed E-state index contributed by atoms with van der Waals surface area (Å²) in [5.74, 6) is 0.955. The highest BCUT2D eigenvalue weighted by Gasteiger charge is 2.24. The second-order valence-corrected chi connectivity index (χ2v) is 8.08. The molecule has 2 aromatic rings. The number of benzene rings is 2. The largest absolute Gasteiger partial charge is 0.484 e. The van der Waals surface area contributed by atoms with Crippen molar-refractivity contribution in [3.63, 3.8) is 0 Å². The molecule has 29 heavy (non-hydrogen) atoms. The van der Waals surface area contributed by atoms with Crippen molar-refractivity contribution in [1.29, 1.82) is 0 Å². The maximum Gasteiger partial charge on any atom is 0.260 e. The molecular weight excluding hydrogens is 388 g/mol. The molecule has 0 aromatic heterocycles. The monoisotopic (exact) mass is 414 g/mol. The van der Waals surface area contributed by atoms with E-state index in [2.05, 4.69) is 19.2 Å². The van der Waals surface area contributed by atoms with E-state index in [-0.39, 0.29) is 24.5 Å². The molecule has 0 spiro atoms. The molecule has 154 valence electrons. The fraction of sp³-hybridized carbons (Fsp3) is 0.391. The summed E-state index contributed by atoms with van der Waals surface area (Å²) in [7, 11) is 0. The fourth-order valence-electron chi connectivity index (χ4n) is 3.33. The van der Waals surface area contributed by atoms with Crippen molar-refractivity contribution in [2.45, 2.75) is 38.6 Å². The highest BCUT2D eigenvalue weighted by Crippen LogP contribution is 2.17. The number of piperidine rings is 1. The van der Waals surface area contributed by atoms with Gasteiger partial charge in [0.05, 0.1) is 0 Å². The minimum Gasteiger partial charge on any atom is -0.484 e. The van der Waals surface area contributed by atoms with E-state index in [0.29, 0.717) is 35.3 Å². The number of carbonyl (C=O) groups excluding carboxylic acids is 2. The van der Waals surface area contributed by atoms with Gasteiger partial charge in [-0.05, 0) is 60.7 Å². The van der Waals surface area contributed by atoms with Crippen LogP contribution in [0.4, 0.5) is 0 Å². The van der Waals surface area contributed by atoms with Gasteiger partial charge in [-0.1, -0.05) is 37.6 Å². The molecule has 0 radical (unpaired) electrons. The summed E-state index contributed by atoms with van der Waals surface area (Å²) in [5, 5.41) is 3.71. The van der Waals surface area contributed by atoms with Crippen LogP contribution in [0.3, 0.4) is 0 Å². The molecular formula is C23H27ClN2O3. The standard InChI is InChI=1S/C23H27ClN2O3/c1-16(2)17-3-5-18(6-4-17)23(28)25-20-11-13-26(14-12-20)22(27)15-29-21-9-7-19(24)8-10-21/h3-10,16,20H,11-15H2,1-2H3,(H,25,28). The Bertz CT molecular complexity index is 826. The normalized spacial score (nSPS) is 14.7. The lowest BCUT2D eigenvalue weighted by atomic mass is 10.0. The lowest BCUT2D eigenvalue weighted by Crippen LogP contribution is -2.47. The Morgan fingerprint density at radius 1 is 1.07 bits per heavy atom. The van der Waals surface area contributed by atoms with Gasteiger partial charge in [-0.15, -0.1) is 0 Å². The maximum absolute atomic E-state index is 12.5. The van der Waals surface area contributed by atoms with Crippen LogP contribution in [0.15, 0.2) is 48.5 Å². The number of amides is 2. The summed E-state index contributed by atoms with van der Waals surface area (Å²) < 4.78 is 5.53. The molecule has 1 heterocycles. The molecule has 1 aliphatic rings. The Balaban J connectivity index is 1.43. The Morgan fingerprint density at radius 2 is 1.69 bits per heavy atom. The van der Waals surface area contributed by atoms with Gasteiger partial charge in [-0.2, -0.15) is 0 Å². The number of hydrogen-bond acceptors (Lipinski definition) is 3. The third-order valence-corrected chi connectivity index (χ3v) is 5.45. The minimum absolute atomic E-state index is 0.000851. The highest BCUT2D eigenvalue weighted by atomic mass is 35.5. The predicted molar refractivity (Wildman–Crippen MR) is 115 cm³/mol. The lowest BCUT2D eigenvalue weighted by molar-refractivity contribution is -0.134. The van der Waals surface area contributed by atoms with Gasteiger partial charge in [0.25, 0.3) is 11.8 Å². The van der Waals surface area contributed by atoms with Crippen LogP contribution in [0.5, 0.6) is 5.75 Å². The topological polar surface area (TPSA) is 58.6 Å². The zero-order valence-electron chi connectivity index (χ0n) is 16.9. The molecule has 6 heteroatoms. The molecule has 0 aliphatic carbocycles. The zero-order valence-corrected chi connectivity index (χ0v) is 17.6. The van der Waals surface area contributed by atoms with Gasteiger partial charge >= 0.3 is 0 Å². The predicted octanol–water partition coefficient (Wildman–Crippen LogP) is 4.26. The van der Waals surface area contributed by atoms with Gasteiger partial charge in [0, 0.05) is 29.7 Å². The van der Waals surface area contributed by atoms with Crippen LogP contribution in [0.1, 0.15) is 48.5 Å². The van der Waals surface area contributed by atoms with Crippen molar-refractivity contribution in [2.75, 3.05) is 19.7 Å². The molecule has 0 atom stereocenters. The van der Waals surface area contributed by atoms with E-state index in [1.54, 1.807) is 29.2 Å². The van der Waals surface area contributed by atoms with Gasteiger partial charge in [0.15, 0.2) is 6.61 Å². The van der Waals surface area contributed by atoms with Gasteiger partial charge in [0.2, 0.25) is 0 Å². The van der Waals surface area contributed by atoms with Crippen LogP contribution in [0.25, 0.3) is 0 Å². The summed E-state index contributed by atoms with van der Waals surface area (Å²) in [5.41, 5.74) is 1.89. The van der Waals surface area contributed by atoms with Crippen LogP contribution in [-0.4, -0.2) is 42.5 Å². The number of nitrogens with one attached hydrogen (secondary N) is 1. The number of hydrogen-bond donors (Lipinski definition) is 1. The lowest BCUT2D eigenvalue weighted by Gasteiger charge is -2.32. The van der Waals surface area contributed by atoms with Crippen LogP contribution >= 0.6 is 11.6 Å². The third kappa shape index (κ3) is 5.97. The summed E-state index contributed by atoms with van der Waals surface area (Å²) in [6.45, 7) is 5.48. The quantitative estimate of drug-likeness (QED) is 0.768. The molecule has 0 bridgehead atoms. The molecule has 1 saturated heterocycles. The highest BCUT2D eigenvalue weighted by molar-refractivity contribution is 6.30. The molecule has 5 nitrogen and oxygen atoms in total. The van der Waals surface area contributed by atoms with Crippen molar-refractivity contribution in [3.05, 3.63) is 64.7 Å². The number of ether oxygens (including phenoxy) is 1.